The number of sulfonamides is 1. The highest BCUT2D eigenvalue weighted by atomic mass is 32.2. The molecule has 2 fully saturated rings. The van der Waals surface area contributed by atoms with Crippen LogP contribution >= 0.6 is 11.3 Å². The van der Waals surface area contributed by atoms with E-state index in [-0.39, 0.29) is 36.1 Å². The molecule has 0 unspecified atom stereocenters. The summed E-state index contributed by atoms with van der Waals surface area (Å²) >= 11 is 1.28. The Hall–Kier alpha value is -2.32. The lowest BCUT2D eigenvalue weighted by Crippen LogP contribution is -2.53. The third-order valence-electron chi connectivity index (χ3n) is 7.19. The van der Waals surface area contributed by atoms with Crippen molar-refractivity contribution in [3.8, 4) is 10.6 Å². The Bertz CT molecular complexity index is 1320. The van der Waals surface area contributed by atoms with Gasteiger partial charge in [-0.25, -0.2) is 27.1 Å². The summed E-state index contributed by atoms with van der Waals surface area (Å²) in [4.78, 5) is 23.9. The van der Waals surface area contributed by atoms with Crippen molar-refractivity contribution >= 4 is 33.2 Å². The van der Waals surface area contributed by atoms with Crippen LogP contribution in [0.1, 0.15) is 40.1 Å². The Morgan fingerprint density at radius 3 is 2.57 bits per heavy atom. The fraction of sp³-hybridized carbons (Fsp3) is 0.571. The Kier molecular flexibility index (Phi) is 5.46. The fourth-order valence-corrected chi connectivity index (χ4v) is 7.45. The van der Waals surface area contributed by atoms with Crippen molar-refractivity contribution in [3.05, 3.63) is 28.0 Å². The number of alkyl halides is 3. The van der Waals surface area contributed by atoms with Crippen LogP contribution in [-0.2, 0) is 15.6 Å². The number of carbonyl (C=O) groups is 1. The Balaban J connectivity index is 1.46. The lowest BCUT2D eigenvalue weighted by molar-refractivity contribution is -0.185. The number of piperidine rings is 1. The van der Waals surface area contributed by atoms with Crippen LogP contribution in [-0.4, -0.2) is 72.1 Å². The molecular weight excluding hydrogens is 510 g/mol. The maximum Gasteiger partial charge on any atom is 0.395 e. The number of thiophene rings is 1. The number of nitrogens with zero attached hydrogens (tertiary/aromatic N) is 4. The van der Waals surface area contributed by atoms with Crippen LogP contribution in [0.2, 0.25) is 0 Å². The van der Waals surface area contributed by atoms with Gasteiger partial charge in [0.1, 0.15) is 5.69 Å². The summed E-state index contributed by atoms with van der Waals surface area (Å²) in [6.07, 6.45) is -1.37. The highest BCUT2D eigenvalue weighted by Crippen LogP contribution is 2.60. The molecule has 1 N–H and O–H groups in total. The van der Waals surface area contributed by atoms with Gasteiger partial charge in [-0.05, 0) is 31.7 Å². The molecule has 4 heterocycles. The van der Waals surface area contributed by atoms with Crippen LogP contribution in [0.15, 0.2) is 6.20 Å². The van der Waals surface area contributed by atoms with E-state index in [2.05, 4.69) is 15.3 Å². The van der Waals surface area contributed by atoms with Gasteiger partial charge in [0.25, 0.3) is 5.91 Å². The van der Waals surface area contributed by atoms with Crippen molar-refractivity contribution in [2.45, 2.75) is 43.9 Å². The number of nitrogens with one attached hydrogen (secondary N) is 1. The predicted octanol–water partition coefficient (Wildman–Crippen LogP) is 3.35. The van der Waals surface area contributed by atoms with Gasteiger partial charge in [0.05, 0.1) is 34.4 Å². The van der Waals surface area contributed by atoms with Crippen LogP contribution in [0.4, 0.5) is 23.5 Å². The first-order chi connectivity index (χ1) is 16.2. The molecular formula is C21H23F4N5O3S2. The molecule has 190 valence electrons. The highest BCUT2D eigenvalue weighted by Gasteiger charge is 2.58. The molecule has 1 saturated heterocycles. The fourth-order valence-electron chi connectivity index (χ4n) is 5.01. The normalized spacial score (nSPS) is 24.2. The van der Waals surface area contributed by atoms with Crippen molar-refractivity contribution in [3.63, 3.8) is 0 Å². The molecule has 1 saturated carbocycles. The molecule has 2 aromatic rings. The average Bonchev–Trinajstić information content (AvgIpc) is 3.46. The lowest BCUT2D eigenvalue weighted by atomic mass is 9.93. The highest BCUT2D eigenvalue weighted by molar-refractivity contribution is 7.88. The minimum Gasteiger partial charge on any atom is -0.351 e. The van der Waals surface area contributed by atoms with E-state index in [9.17, 15) is 30.8 Å². The standard InChI is InChI=1S/C21H23F4N5O3S2/c1-10-14-17(20(5-6-20)29(2)18(14)31)34-16(10)15-12(22)8-26-19(28-15)27-13-4-7-30(35(3,32)33)9-11(13)21(23,24)25/h8,11,13H,4-7,9H2,1-3H3,(H,26,27,28)/t11-,13-/m1/s1. The van der Waals surface area contributed by atoms with E-state index in [0.29, 0.717) is 16.0 Å². The molecule has 8 nitrogen and oxygen atoms in total. The number of carbonyl (C=O) groups excluding carboxylic acids is 1. The number of anilines is 1. The van der Waals surface area contributed by atoms with E-state index in [1.54, 1.807) is 18.9 Å². The smallest absolute Gasteiger partial charge is 0.351 e. The maximum atomic E-state index is 14.8. The first kappa shape index (κ1) is 24.4. The number of rotatable bonds is 4. The number of halogens is 4. The summed E-state index contributed by atoms with van der Waals surface area (Å²) in [5.74, 6) is -3.05. The minimum absolute atomic E-state index is 0.0808. The van der Waals surface area contributed by atoms with Gasteiger partial charge < -0.3 is 10.2 Å². The topological polar surface area (TPSA) is 95.5 Å². The van der Waals surface area contributed by atoms with Gasteiger partial charge in [-0.2, -0.15) is 13.2 Å². The minimum atomic E-state index is -4.67. The van der Waals surface area contributed by atoms with Crippen LogP contribution in [0, 0.1) is 18.7 Å². The first-order valence-electron chi connectivity index (χ1n) is 11.0. The molecule has 2 aromatic heterocycles. The Morgan fingerprint density at radius 1 is 1.29 bits per heavy atom. The van der Waals surface area contributed by atoms with Gasteiger partial charge in [-0.1, -0.05) is 0 Å². The largest absolute Gasteiger partial charge is 0.395 e. The lowest BCUT2D eigenvalue weighted by Gasteiger charge is -2.38. The first-order valence-corrected chi connectivity index (χ1v) is 13.6. The van der Waals surface area contributed by atoms with Gasteiger partial charge in [0.2, 0.25) is 16.0 Å². The Labute approximate surface area is 203 Å². The van der Waals surface area contributed by atoms with Crippen molar-refractivity contribution in [2.75, 3.05) is 31.7 Å². The molecule has 0 bridgehead atoms. The zero-order valence-corrected chi connectivity index (χ0v) is 20.7. The van der Waals surface area contributed by atoms with E-state index in [4.69, 9.17) is 0 Å². The van der Waals surface area contributed by atoms with Gasteiger partial charge in [-0.3, -0.25) is 4.79 Å². The molecule has 5 rings (SSSR count). The molecule has 0 aromatic carbocycles. The molecule has 3 aliphatic rings. The second kappa shape index (κ2) is 7.84. The second-order valence-electron chi connectivity index (χ2n) is 9.35. The molecule has 1 spiro atoms. The van der Waals surface area contributed by atoms with Crippen LogP contribution in [0.25, 0.3) is 10.6 Å². The summed E-state index contributed by atoms with van der Waals surface area (Å²) in [7, 11) is -2.03. The van der Waals surface area contributed by atoms with Crippen molar-refractivity contribution in [1.82, 2.24) is 19.2 Å². The van der Waals surface area contributed by atoms with Crippen molar-refractivity contribution in [2.24, 2.45) is 5.92 Å². The number of aromatic nitrogens is 2. The molecule has 14 heteroatoms. The zero-order chi connectivity index (χ0) is 25.5. The summed E-state index contributed by atoms with van der Waals surface area (Å²) in [5, 5.41) is 2.66. The maximum absolute atomic E-state index is 14.8. The quantitative estimate of drug-likeness (QED) is 0.606. The number of amides is 1. The van der Waals surface area contributed by atoms with Gasteiger partial charge in [0.15, 0.2) is 5.82 Å². The van der Waals surface area contributed by atoms with E-state index in [1.165, 1.54) is 11.3 Å². The monoisotopic (exact) mass is 533 g/mol. The van der Waals surface area contributed by atoms with E-state index >= 15 is 0 Å². The van der Waals surface area contributed by atoms with Crippen LogP contribution in [0.3, 0.4) is 0 Å². The predicted molar refractivity (Wildman–Crippen MR) is 121 cm³/mol. The average molecular weight is 534 g/mol. The van der Waals surface area contributed by atoms with E-state index in [1.807, 2.05) is 0 Å². The van der Waals surface area contributed by atoms with Crippen LogP contribution < -0.4 is 5.32 Å². The van der Waals surface area contributed by atoms with Gasteiger partial charge in [-0.15, -0.1) is 11.3 Å². The SMILES string of the molecule is Cc1c(-c2nc(N[C@@H]3CCN(S(C)(=O)=O)C[C@H]3C(F)(F)F)ncc2F)sc2c1C(=O)N(C)C21CC1. The molecule has 1 amide bonds. The van der Waals surface area contributed by atoms with Crippen molar-refractivity contribution < 1.29 is 30.8 Å². The third-order valence-corrected chi connectivity index (χ3v) is 9.95. The second-order valence-corrected chi connectivity index (χ2v) is 12.4. The molecule has 0 radical (unpaired) electrons. The molecule has 1 aliphatic carbocycles. The van der Waals surface area contributed by atoms with Crippen molar-refractivity contribution in [1.29, 1.82) is 0 Å². The number of hydrogen-bond donors (Lipinski definition) is 1. The molecule has 35 heavy (non-hydrogen) atoms. The van der Waals surface area contributed by atoms with E-state index < -0.39 is 40.5 Å². The molecule has 2 atom stereocenters. The van der Waals surface area contributed by atoms with E-state index in [0.717, 1.165) is 34.5 Å². The Morgan fingerprint density at radius 2 is 1.97 bits per heavy atom. The van der Waals surface area contributed by atoms with Crippen LogP contribution in [0.5, 0.6) is 0 Å². The number of fused-ring (bicyclic) bond motifs is 2. The summed E-state index contributed by atoms with van der Waals surface area (Å²) < 4.78 is 80.5. The zero-order valence-electron chi connectivity index (χ0n) is 19.1. The third kappa shape index (κ3) is 3.89. The summed E-state index contributed by atoms with van der Waals surface area (Å²) in [5.41, 5.74) is 0.701. The summed E-state index contributed by atoms with van der Waals surface area (Å²) in [6, 6.07) is -1.19. The summed E-state index contributed by atoms with van der Waals surface area (Å²) in [6.45, 7) is 0.904. The molecule has 2 aliphatic heterocycles. The van der Waals surface area contributed by atoms with Gasteiger partial charge >= 0.3 is 6.18 Å². The number of hydrogen-bond acceptors (Lipinski definition) is 7. The van der Waals surface area contributed by atoms with Gasteiger partial charge in [0, 0.05) is 31.1 Å².